The Hall–Kier alpha value is -2.44. The topological polar surface area (TPSA) is 110 Å². The summed E-state index contributed by atoms with van der Waals surface area (Å²) in [5.74, 6) is -0.385. The standard InChI is InChI=1S/C15H14O6/c16-8-3-1-7(2-4-8)15-14(20)13(19)12-10(18)5-9(17)6-11(12)21-15/h1-6,13-20H/t13-,14-,15-/m1/s1. The zero-order chi connectivity index (χ0) is 15.1. The van der Waals surface area contributed by atoms with Crippen LogP contribution in [0.3, 0.4) is 0 Å². The van der Waals surface area contributed by atoms with Crippen molar-refractivity contribution in [2.75, 3.05) is 0 Å². The van der Waals surface area contributed by atoms with Crippen LogP contribution in [0.2, 0.25) is 0 Å². The third kappa shape index (κ3) is 2.24. The molecule has 2 aromatic carbocycles. The molecule has 0 unspecified atom stereocenters. The molecule has 0 saturated heterocycles. The van der Waals surface area contributed by atoms with Crippen LogP contribution >= 0.6 is 0 Å². The molecule has 0 bridgehead atoms. The van der Waals surface area contributed by atoms with Gasteiger partial charge in [0.25, 0.3) is 0 Å². The Morgan fingerprint density at radius 2 is 1.52 bits per heavy atom. The lowest BCUT2D eigenvalue weighted by atomic mass is 9.91. The third-order valence-corrected chi connectivity index (χ3v) is 3.51. The lowest BCUT2D eigenvalue weighted by molar-refractivity contribution is -0.0710. The first kappa shape index (κ1) is 13.5. The Morgan fingerprint density at radius 3 is 2.19 bits per heavy atom. The summed E-state index contributed by atoms with van der Waals surface area (Å²) >= 11 is 0. The summed E-state index contributed by atoms with van der Waals surface area (Å²) in [4.78, 5) is 0. The summed E-state index contributed by atoms with van der Waals surface area (Å²) < 4.78 is 5.59. The molecular formula is C15H14O6. The first-order chi connectivity index (χ1) is 9.97. The molecule has 110 valence electrons. The Kier molecular flexibility index (Phi) is 3.12. The van der Waals surface area contributed by atoms with Crippen molar-refractivity contribution >= 4 is 0 Å². The number of fused-ring (bicyclic) bond motifs is 1. The minimum atomic E-state index is -1.35. The van der Waals surface area contributed by atoms with E-state index in [-0.39, 0.29) is 28.6 Å². The number of rotatable bonds is 1. The maximum absolute atomic E-state index is 10.2. The van der Waals surface area contributed by atoms with Gasteiger partial charge in [0.1, 0.15) is 35.2 Å². The molecule has 0 spiro atoms. The van der Waals surface area contributed by atoms with Crippen molar-refractivity contribution in [3.05, 3.63) is 47.5 Å². The van der Waals surface area contributed by atoms with E-state index >= 15 is 0 Å². The van der Waals surface area contributed by atoms with E-state index in [1.54, 1.807) is 12.1 Å². The summed E-state index contributed by atoms with van der Waals surface area (Å²) in [7, 11) is 0. The SMILES string of the molecule is Oc1ccc([C@H]2Oc3cc(O)cc(O)c3[C@@H](O)[C@H]2O)cc1. The number of aromatic hydroxyl groups is 3. The van der Waals surface area contributed by atoms with Crippen molar-refractivity contribution in [2.45, 2.75) is 18.3 Å². The summed E-state index contributed by atoms with van der Waals surface area (Å²) in [6, 6.07) is 8.32. The van der Waals surface area contributed by atoms with Crippen LogP contribution in [-0.2, 0) is 0 Å². The minimum Gasteiger partial charge on any atom is -0.508 e. The third-order valence-electron chi connectivity index (χ3n) is 3.51. The first-order valence-electron chi connectivity index (χ1n) is 6.35. The highest BCUT2D eigenvalue weighted by atomic mass is 16.5. The van der Waals surface area contributed by atoms with Gasteiger partial charge >= 0.3 is 0 Å². The first-order valence-corrected chi connectivity index (χ1v) is 6.35. The predicted molar refractivity (Wildman–Crippen MR) is 72.2 cm³/mol. The molecule has 6 nitrogen and oxygen atoms in total. The van der Waals surface area contributed by atoms with E-state index in [0.29, 0.717) is 5.56 Å². The summed E-state index contributed by atoms with van der Waals surface area (Å²) in [6.45, 7) is 0. The highest BCUT2D eigenvalue weighted by Gasteiger charge is 2.39. The van der Waals surface area contributed by atoms with Gasteiger partial charge < -0.3 is 30.3 Å². The Labute approximate surface area is 120 Å². The molecule has 0 fully saturated rings. The molecule has 0 aromatic heterocycles. The second-order valence-electron chi connectivity index (χ2n) is 4.94. The quantitative estimate of drug-likeness (QED) is 0.542. The fourth-order valence-electron chi connectivity index (χ4n) is 2.46. The highest BCUT2D eigenvalue weighted by molar-refractivity contribution is 5.52. The number of hydrogen-bond acceptors (Lipinski definition) is 6. The van der Waals surface area contributed by atoms with Gasteiger partial charge in [-0.05, 0) is 17.7 Å². The van der Waals surface area contributed by atoms with Crippen molar-refractivity contribution in [2.24, 2.45) is 0 Å². The van der Waals surface area contributed by atoms with Gasteiger partial charge in [0.05, 0.1) is 5.56 Å². The van der Waals surface area contributed by atoms with Gasteiger partial charge in [0.15, 0.2) is 6.10 Å². The Balaban J connectivity index is 2.04. The van der Waals surface area contributed by atoms with Gasteiger partial charge in [-0.25, -0.2) is 0 Å². The Morgan fingerprint density at radius 1 is 0.857 bits per heavy atom. The fourth-order valence-corrected chi connectivity index (χ4v) is 2.46. The van der Waals surface area contributed by atoms with Crippen LogP contribution in [0.15, 0.2) is 36.4 Å². The fraction of sp³-hybridized carbons (Fsp3) is 0.200. The van der Waals surface area contributed by atoms with E-state index in [9.17, 15) is 25.5 Å². The van der Waals surface area contributed by atoms with Crippen LogP contribution < -0.4 is 4.74 Å². The number of phenols is 3. The van der Waals surface area contributed by atoms with Crippen molar-refractivity contribution in [3.8, 4) is 23.0 Å². The lowest BCUT2D eigenvalue weighted by Gasteiger charge is -2.34. The summed E-state index contributed by atoms with van der Waals surface area (Å²) in [5.41, 5.74) is 0.586. The van der Waals surface area contributed by atoms with Gasteiger partial charge in [-0.2, -0.15) is 0 Å². The molecule has 3 atom stereocenters. The van der Waals surface area contributed by atoms with Gasteiger partial charge in [-0.3, -0.25) is 0 Å². The average Bonchev–Trinajstić information content (AvgIpc) is 2.43. The van der Waals surface area contributed by atoms with E-state index in [0.717, 1.165) is 6.07 Å². The summed E-state index contributed by atoms with van der Waals surface area (Å²) in [5, 5.41) is 48.9. The molecule has 0 radical (unpaired) electrons. The van der Waals surface area contributed by atoms with Crippen molar-refractivity contribution in [3.63, 3.8) is 0 Å². The van der Waals surface area contributed by atoms with Crippen LogP contribution in [-0.4, -0.2) is 31.6 Å². The molecule has 1 heterocycles. The lowest BCUT2D eigenvalue weighted by Crippen LogP contribution is -2.34. The molecule has 2 aromatic rings. The number of aliphatic hydroxyl groups is 2. The summed E-state index contributed by atoms with van der Waals surface area (Å²) in [6.07, 6.45) is -3.53. The van der Waals surface area contributed by atoms with E-state index in [4.69, 9.17) is 4.74 Å². The smallest absolute Gasteiger partial charge is 0.152 e. The second-order valence-corrected chi connectivity index (χ2v) is 4.94. The van der Waals surface area contributed by atoms with Crippen molar-refractivity contribution < 1.29 is 30.3 Å². The van der Waals surface area contributed by atoms with Gasteiger partial charge in [0.2, 0.25) is 0 Å². The largest absolute Gasteiger partial charge is 0.508 e. The zero-order valence-electron chi connectivity index (χ0n) is 10.8. The van der Waals surface area contributed by atoms with Crippen LogP contribution in [0.1, 0.15) is 23.3 Å². The molecule has 0 saturated carbocycles. The van der Waals surface area contributed by atoms with Gasteiger partial charge in [-0.1, -0.05) is 12.1 Å². The van der Waals surface area contributed by atoms with E-state index in [1.807, 2.05) is 0 Å². The van der Waals surface area contributed by atoms with Crippen molar-refractivity contribution in [1.82, 2.24) is 0 Å². The molecule has 21 heavy (non-hydrogen) atoms. The molecule has 0 amide bonds. The Bertz CT molecular complexity index is 667. The van der Waals surface area contributed by atoms with Crippen LogP contribution in [0, 0.1) is 0 Å². The van der Waals surface area contributed by atoms with E-state index in [2.05, 4.69) is 0 Å². The average molecular weight is 290 g/mol. The van der Waals surface area contributed by atoms with E-state index in [1.165, 1.54) is 18.2 Å². The number of benzene rings is 2. The molecule has 3 rings (SSSR count). The van der Waals surface area contributed by atoms with Crippen LogP contribution in [0.5, 0.6) is 23.0 Å². The number of ether oxygens (including phenoxy) is 1. The molecule has 5 N–H and O–H groups in total. The molecular weight excluding hydrogens is 276 g/mol. The van der Waals surface area contributed by atoms with Crippen LogP contribution in [0.4, 0.5) is 0 Å². The molecule has 0 aliphatic carbocycles. The molecule has 6 heteroatoms. The van der Waals surface area contributed by atoms with Crippen LogP contribution in [0.25, 0.3) is 0 Å². The second kappa shape index (κ2) is 4.83. The monoisotopic (exact) mass is 290 g/mol. The maximum Gasteiger partial charge on any atom is 0.152 e. The van der Waals surface area contributed by atoms with Crippen molar-refractivity contribution in [1.29, 1.82) is 0 Å². The predicted octanol–water partition coefficient (Wildman–Crippen LogP) is 1.33. The van der Waals surface area contributed by atoms with Gasteiger partial charge in [-0.15, -0.1) is 0 Å². The van der Waals surface area contributed by atoms with Gasteiger partial charge in [0, 0.05) is 12.1 Å². The molecule has 1 aliphatic heterocycles. The van der Waals surface area contributed by atoms with E-state index < -0.39 is 18.3 Å². The highest BCUT2D eigenvalue weighted by Crippen LogP contribution is 2.46. The number of hydrogen-bond donors (Lipinski definition) is 5. The zero-order valence-corrected chi connectivity index (χ0v) is 10.8. The number of phenolic OH excluding ortho intramolecular Hbond substituents is 3. The maximum atomic E-state index is 10.2. The normalized spacial score (nSPS) is 24.2. The number of aliphatic hydroxyl groups excluding tert-OH is 2. The minimum absolute atomic E-state index is 0.0373. The molecule has 1 aliphatic rings.